The zero-order chi connectivity index (χ0) is 34.5. The number of anilines is 2. The van der Waals surface area contributed by atoms with Gasteiger partial charge in [-0.2, -0.15) is 8.42 Å². The number of carbonyl (C=O) groups is 1. The molecule has 1 aliphatic carbocycles. The zero-order valence-electron chi connectivity index (χ0n) is 26.9. The number of fused-ring (bicyclic) bond motifs is 1. The Morgan fingerprint density at radius 1 is 0.898 bits per heavy atom. The fraction of sp³-hybridized carbons (Fsp3) is 0.257. The molecule has 1 heterocycles. The van der Waals surface area contributed by atoms with Gasteiger partial charge in [0, 0.05) is 24.2 Å². The first-order chi connectivity index (χ1) is 23.5. The highest BCUT2D eigenvalue weighted by Gasteiger charge is 2.36. The lowest BCUT2D eigenvalue weighted by Crippen LogP contribution is -2.33. The van der Waals surface area contributed by atoms with Gasteiger partial charge in [-0.05, 0) is 74.2 Å². The van der Waals surface area contributed by atoms with E-state index in [0.29, 0.717) is 21.0 Å². The van der Waals surface area contributed by atoms with Gasteiger partial charge in [0.15, 0.2) is 5.13 Å². The lowest BCUT2D eigenvalue weighted by Gasteiger charge is -2.30. The van der Waals surface area contributed by atoms with Crippen LogP contribution in [-0.2, 0) is 46.3 Å². The Morgan fingerprint density at radius 2 is 1.51 bits per heavy atom. The van der Waals surface area contributed by atoms with Crippen molar-refractivity contribution in [2.75, 3.05) is 17.2 Å². The molecule has 0 bridgehead atoms. The number of carbonyl (C=O) groups excluding carboxylic acids is 1. The Labute approximate surface area is 289 Å². The molecule has 1 fully saturated rings. The molecule has 256 valence electrons. The predicted molar refractivity (Wildman–Crippen MR) is 189 cm³/mol. The van der Waals surface area contributed by atoms with Crippen molar-refractivity contribution in [3.05, 3.63) is 114 Å². The van der Waals surface area contributed by atoms with Crippen molar-refractivity contribution in [1.29, 1.82) is 0 Å². The van der Waals surface area contributed by atoms with E-state index in [4.69, 9.17) is 17.8 Å². The van der Waals surface area contributed by atoms with Crippen molar-refractivity contribution < 1.29 is 35.5 Å². The summed E-state index contributed by atoms with van der Waals surface area (Å²) < 4.78 is 63.7. The number of thiazole rings is 1. The Morgan fingerprint density at radius 3 is 2.10 bits per heavy atom. The van der Waals surface area contributed by atoms with E-state index < -0.39 is 23.5 Å². The van der Waals surface area contributed by atoms with Crippen LogP contribution in [0.5, 0.6) is 5.75 Å². The molecular weight excluding hydrogens is 686 g/mol. The summed E-state index contributed by atoms with van der Waals surface area (Å²) in [4.78, 5) is 16.5. The van der Waals surface area contributed by atoms with Crippen LogP contribution >= 0.6 is 19.2 Å². The number of amides is 1. The van der Waals surface area contributed by atoms with Crippen LogP contribution in [0.15, 0.2) is 108 Å². The summed E-state index contributed by atoms with van der Waals surface area (Å²) in [5, 5.41) is 6.48. The molecule has 11 nitrogen and oxygen atoms in total. The second-order valence-electron chi connectivity index (χ2n) is 12.1. The highest BCUT2D eigenvalue weighted by Crippen LogP contribution is 2.54. The predicted octanol–water partition coefficient (Wildman–Crippen LogP) is 8.16. The second kappa shape index (κ2) is 14.8. The molecular formula is C35H36N3O8PS2. The molecule has 0 atom stereocenters. The number of hydrogen-bond donors (Lipinski definition) is 2. The third kappa shape index (κ3) is 9.75. The molecule has 6 rings (SSSR count). The highest BCUT2D eigenvalue weighted by molar-refractivity contribution is 7.87. The third-order valence-corrected chi connectivity index (χ3v) is 11.2. The number of nitrogens with one attached hydrogen (secondary N) is 2. The summed E-state index contributed by atoms with van der Waals surface area (Å²) >= 11 is 1.25. The van der Waals surface area contributed by atoms with Gasteiger partial charge in [0.1, 0.15) is 10.6 Å². The average molecular weight is 722 g/mol. The molecule has 0 radical (unpaired) electrons. The molecule has 1 aromatic heterocycles. The van der Waals surface area contributed by atoms with E-state index in [1.54, 1.807) is 38.1 Å². The van der Waals surface area contributed by atoms with Gasteiger partial charge in [0.25, 0.3) is 0 Å². The normalized spacial score (nSPS) is 13.7. The van der Waals surface area contributed by atoms with E-state index in [0.717, 1.165) is 24.0 Å². The lowest BCUT2D eigenvalue weighted by molar-refractivity contribution is -0.117. The Bertz CT molecular complexity index is 2010. The zero-order valence-corrected chi connectivity index (χ0v) is 29.4. The van der Waals surface area contributed by atoms with Crippen LogP contribution in [0, 0.1) is 5.92 Å². The molecule has 1 aliphatic rings. The van der Waals surface area contributed by atoms with Crippen molar-refractivity contribution in [2.45, 2.75) is 50.4 Å². The van der Waals surface area contributed by atoms with Gasteiger partial charge in [-0.15, -0.1) is 0 Å². The molecule has 1 saturated carbocycles. The first-order valence-corrected chi connectivity index (χ1v) is 19.3. The van der Waals surface area contributed by atoms with E-state index in [-0.39, 0.29) is 42.2 Å². The Hall–Kier alpha value is -4.10. The minimum Gasteiger partial charge on any atom is -0.382 e. The van der Waals surface area contributed by atoms with Crippen molar-refractivity contribution >= 4 is 56.2 Å². The largest absolute Gasteiger partial charge is 0.476 e. The monoisotopic (exact) mass is 721 g/mol. The van der Waals surface area contributed by atoms with Crippen LogP contribution in [-0.4, -0.2) is 31.5 Å². The van der Waals surface area contributed by atoms with Gasteiger partial charge >= 0.3 is 17.9 Å². The summed E-state index contributed by atoms with van der Waals surface area (Å²) in [6.07, 6.45) is 1.77. The molecule has 1 amide bonds. The van der Waals surface area contributed by atoms with Crippen molar-refractivity contribution in [1.82, 2.24) is 4.98 Å². The minimum absolute atomic E-state index is 0.0339. The number of rotatable bonds is 16. The lowest BCUT2D eigenvalue weighted by atomic mass is 10.1. The fourth-order valence-corrected chi connectivity index (χ4v) is 7.96. The van der Waals surface area contributed by atoms with Gasteiger partial charge < -0.3 is 14.8 Å². The maximum atomic E-state index is 13.8. The van der Waals surface area contributed by atoms with Crippen molar-refractivity contribution in [3.63, 3.8) is 0 Å². The fourth-order valence-electron chi connectivity index (χ4n) is 4.67. The van der Waals surface area contributed by atoms with Crippen LogP contribution in [0.1, 0.15) is 37.8 Å². The van der Waals surface area contributed by atoms with E-state index in [1.165, 1.54) is 29.5 Å². The van der Waals surface area contributed by atoms with Crippen molar-refractivity contribution in [3.8, 4) is 5.75 Å². The van der Waals surface area contributed by atoms with Gasteiger partial charge in [-0.3, -0.25) is 18.4 Å². The number of nitrogens with zero attached hydrogens (tertiary/aromatic N) is 1. The molecule has 49 heavy (non-hydrogen) atoms. The standard InChI is InChI=1S/C35H36N3O8PS2/c1-35(2,46-47(40,43-22-25-9-5-3-6-10-25)44-23-26-11-7-4-8-12-26)24-36-28-15-18-30(19-16-28)49(41,42)45-29-17-20-31-32(21-29)48-34(37-31)38-33(39)27-13-14-27/h3-12,15-21,27,36H,13-14,22-24H2,1-2H3,(H,37,38,39). The highest BCUT2D eigenvalue weighted by atomic mass is 32.2. The van der Waals surface area contributed by atoms with Gasteiger partial charge in [-0.25, -0.2) is 9.55 Å². The van der Waals surface area contributed by atoms with E-state index in [9.17, 15) is 17.8 Å². The summed E-state index contributed by atoms with van der Waals surface area (Å²) in [5.41, 5.74) is 1.85. The van der Waals surface area contributed by atoms with Gasteiger partial charge in [-0.1, -0.05) is 72.0 Å². The van der Waals surface area contributed by atoms with E-state index in [2.05, 4.69) is 15.6 Å². The quantitative estimate of drug-likeness (QED) is 0.0757. The number of phosphoric ester groups is 1. The summed E-state index contributed by atoms with van der Waals surface area (Å²) in [7, 11) is -8.18. The summed E-state index contributed by atoms with van der Waals surface area (Å²) in [5.74, 6) is 0.129. The molecule has 0 aliphatic heterocycles. The van der Waals surface area contributed by atoms with E-state index >= 15 is 0 Å². The molecule has 4 aromatic carbocycles. The van der Waals surface area contributed by atoms with Crippen LogP contribution < -0.4 is 14.8 Å². The number of phosphoric acid groups is 1. The van der Waals surface area contributed by atoms with Crippen LogP contribution in [0.25, 0.3) is 10.2 Å². The third-order valence-electron chi connectivity index (χ3n) is 7.43. The first kappa shape index (κ1) is 34.8. The van der Waals surface area contributed by atoms with Crippen LogP contribution in [0.3, 0.4) is 0 Å². The SMILES string of the molecule is CC(C)(CNc1ccc(S(=O)(=O)Oc2ccc3nc(NC(=O)C4CC4)sc3c2)cc1)OP(=O)(OCc1ccccc1)OCc1ccccc1. The van der Waals surface area contributed by atoms with Gasteiger partial charge in [0.05, 0.1) is 29.0 Å². The topological polar surface area (TPSA) is 142 Å². The number of aromatic nitrogens is 1. The minimum atomic E-state index is -4.15. The average Bonchev–Trinajstić information content (AvgIpc) is 3.87. The smallest absolute Gasteiger partial charge is 0.382 e. The second-order valence-corrected chi connectivity index (χ2v) is 16.3. The molecule has 0 saturated heterocycles. The maximum Gasteiger partial charge on any atom is 0.476 e. The molecule has 2 N–H and O–H groups in total. The Kier molecular flexibility index (Phi) is 10.5. The molecule has 5 aromatic rings. The maximum absolute atomic E-state index is 13.8. The summed E-state index contributed by atoms with van der Waals surface area (Å²) in [6, 6.07) is 29.5. The van der Waals surface area contributed by atoms with E-state index in [1.807, 2.05) is 60.7 Å². The molecule has 14 heteroatoms. The van der Waals surface area contributed by atoms with Crippen molar-refractivity contribution in [2.24, 2.45) is 5.92 Å². The number of benzene rings is 4. The van der Waals surface area contributed by atoms with Crippen LogP contribution in [0.2, 0.25) is 0 Å². The molecule has 0 spiro atoms. The number of hydrogen-bond acceptors (Lipinski definition) is 11. The Balaban J connectivity index is 1.06. The van der Waals surface area contributed by atoms with Gasteiger partial charge in [0.2, 0.25) is 5.91 Å². The van der Waals surface area contributed by atoms with Crippen LogP contribution in [0.4, 0.5) is 10.8 Å². The molecule has 0 unspecified atom stereocenters. The summed E-state index contributed by atoms with van der Waals surface area (Å²) in [6.45, 7) is 3.77. The first-order valence-electron chi connectivity index (χ1n) is 15.6.